The van der Waals surface area contributed by atoms with Crippen LogP contribution in [0.3, 0.4) is 0 Å². The van der Waals surface area contributed by atoms with E-state index in [1.54, 1.807) is 14.2 Å². The standard InChI is InChI=1S/C22H21NO3/c1-6-11-23-17-13-20(25-5)19(24-4)12-16(17)14-7-8-18-15(21(14)23)9-10-22(2,3)26-18/h1,7-10,12-13H,11H2,2-5H3. The van der Waals surface area contributed by atoms with E-state index in [0.717, 1.165) is 33.1 Å². The number of methoxy groups -OCH3 is 2. The molecule has 0 aliphatic carbocycles. The van der Waals surface area contributed by atoms with Gasteiger partial charge in [-0.3, -0.25) is 0 Å². The molecule has 1 aliphatic heterocycles. The van der Waals surface area contributed by atoms with E-state index in [2.05, 4.69) is 28.7 Å². The smallest absolute Gasteiger partial charge is 0.162 e. The first kappa shape index (κ1) is 16.4. The maximum atomic E-state index is 6.15. The van der Waals surface area contributed by atoms with E-state index in [0.29, 0.717) is 18.0 Å². The lowest BCUT2D eigenvalue weighted by molar-refractivity contribution is 0.159. The van der Waals surface area contributed by atoms with Gasteiger partial charge in [0, 0.05) is 22.4 Å². The van der Waals surface area contributed by atoms with Crippen LogP contribution in [0.25, 0.3) is 27.9 Å². The average molecular weight is 347 g/mol. The minimum atomic E-state index is -0.323. The highest BCUT2D eigenvalue weighted by molar-refractivity contribution is 6.12. The van der Waals surface area contributed by atoms with E-state index in [4.69, 9.17) is 20.6 Å². The van der Waals surface area contributed by atoms with Gasteiger partial charge >= 0.3 is 0 Å². The van der Waals surface area contributed by atoms with Crippen LogP contribution in [0.2, 0.25) is 0 Å². The predicted molar refractivity (Wildman–Crippen MR) is 105 cm³/mol. The van der Waals surface area contributed by atoms with Gasteiger partial charge < -0.3 is 18.8 Å². The Bertz CT molecular complexity index is 1100. The van der Waals surface area contributed by atoms with Crippen molar-refractivity contribution in [2.75, 3.05) is 14.2 Å². The second-order valence-corrected chi connectivity index (χ2v) is 6.93. The average Bonchev–Trinajstić information content (AvgIpc) is 2.93. The van der Waals surface area contributed by atoms with Crippen molar-refractivity contribution >= 4 is 27.9 Å². The summed E-state index contributed by atoms with van der Waals surface area (Å²) < 4.78 is 19.3. The number of benzene rings is 2. The lowest BCUT2D eigenvalue weighted by Gasteiger charge is -2.28. The van der Waals surface area contributed by atoms with E-state index in [1.165, 1.54) is 0 Å². The summed E-state index contributed by atoms with van der Waals surface area (Å²) in [6.45, 7) is 4.55. The van der Waals surface area contributed by atoms with Crippen molar-refractivity contribution in [2.24, 2.45) is 0 Å². The van der Waals surface area contributed by atoms with E-state index in [9.17, 15) is 0 Å². The summed E-state index contributed by atoms with van der Waals surface area (Å²) in [5.41, 5.74) is 2.81. The maximum Gasteiger partial charge on any atom is 0.162 e. The largest absolute Gasteiger partial charge is 0.493 e. The number of terminal acetylenes is 1. The van der Waals surface area contributed by atoms with Gasteiger partial charge in [-0.1, -0.05) is 5.92 Å². The number of fused-ring (bicyclic) bond motifs is 5. The first-order chi connectivity index (χ1) is 12.5. The molecule has 2 heterocycles. The molecule has 0 spiro atoms. The van der Waals surface area contributed by atoms with Crippen LogP contribution < -0.4 is 14.2 Å². The second kappa shape index (κ2) is 5.74. The molecule has 0 atom stereocenters. The molecular weight excluding hydrogens is 326 g/mol. The molecule has 0 saturated heterocycles. The molecule has 4 nitrogen and oxygen atoms in total. The van der Waals surface area contributed by atoms with Gasteiger partial charge in [0.25, 0.3) is 0 Å². The Morgan fingerprint density at radius 1 is 1.12 bits per heavy atom. The molecule has 4 rings (SSSR count). The number of ether oxygens (including phenoxy) is 3. The van der Waals surface area contributed by atoms with Crippen LogP contribution in [0, 0.1) is 12.3 Å². The minimum Gasteiger partial charge on any atom is -0.493 e. The summed E-state index contributed by atoms with van der Waals surface area (Å²) in [6, 6.07) is 8.10. The van der Waals surface area contributed by atoms with Gasteiger partial charge in [-0.2, -0.15) is 0 Å². The zero-order valence-electron chi connectivity index (χ0n) is 15.4. The lowest BCUT2D eigenvalue weighted by atomic mass is 10.00. The van der Waals surface area contributed by atoms with Crippen LogP contribution in [0.15, 0.2) is 30.3 Å². The Morgan fingerprint density at radius 2 is 1.85 bits per heavy atom. The number of aromatic nitrogens is 1. The highest BCUT2D eigenvalue weighted by Gasteiger charge is 2.25. The lowest BCUT2D eigenvalue weighted by Crippen LogP contribution is -2.27. The van der Waals surface area contributed by atoms with Crippen LogP contribution in [0.5, 0.6) is 17.2 Å². The molecule has 1 aliphatic rings. The van der Waals surface area contributed by atoms with Crippen molar-refractivity contribution in [1.29, 1.82) is 0 Å². The van der Waals surface area contributed by atoms with E-state index < -0.39 is 0 Å². The zero-order chi connectivity index (χ0) is 18.5. The molecule has 4 heteroatoms. The Kier molecular flexibility index (Phi) is 3.62. The fraction of sp³-hybridized carbons (Fsp3) is 0.273. The highest BCUT2D eigenvalue weighted by atomic mass is 16.5. The molecular formula is C22H21NO3. The molecule has 0 saturated carbocycles. The summed E-state index contributed by atoms with van der Waals surface area (Å²) in [6.07, 6.45) is 9.88. The molecule has 0 bridgehead atoms. The zero-order valence-corrected chi connectivity index (χ0v) is 15.4. The summed E-state index contributed by atoms with van der Waals surface area (Å²) >= 11 is 0. The SMILES string of the molecule is C#CCn1c2cc(OC)c(OC)cc2c2ccc3c(c21)C=CC(C)(C)O3. The van der Waals surface area contributed by atoms with Crippen molar-refractivity contribution in [3.05, 3.63) is 35.9 Å². The van der Waals surface area contributed by atoms with Crippen molar-refractivity contribution in [3.8, 4) is 29.6 Å². The quantitative estimate of drug-likeness (QED) is 0.648. The topological polar surface area (TPSA) is 32.6 Å². The minimum absolute atomic E-state index is 0.323. The van der Waals surface area contributed by atoms with Gasteiger partial charge in [0.1, 0.15) is 11.4 Å². The Morgan fingerprint density at radius 3 is 2.54 bits per heavy atom. The molecule has 3 aromatic rings. The summed E-state index contributed by atoms with van der Waals surface area (Å²) in [7, 11) is 3.28. The first-order valence-corrected chi connectivity index (χ1v) is 8.51. The highest BCUT2D eigenvalue weighted by Crippen LogP contribution is 2.43. The molecule has 0 radical (unpaired) electrons. The first-order valence-electron chi connectivity index (χ1n) is 8.51. The van der Waals surface area contributed by atoms with Gasteiger partial charge in [-0.15, -0.1) is 6.42 Å². The number of nitrogens with zero attached hydrogens (tertiary/aromatic N) is 1. The van der Waals surface area contributed by atoms with Crippen molar-refractivity contribution in [1.82, 2.24) is 4.57 Å². The number of rotatable bonds is 3. The van der Waals surface area contributed by atoms with Gasteiger partial charge in [0.05, 0.1) is 31.8 Å². The third-order valence-corrected chi connectivity index (χ3v) is 4.80. The second-order valence-electron chi connectivity index (χ2n) is 6.93. The predicted octanol–water partition coefficient (Wildman–Crippen LogP) is 4.63. The van der Waals surface area contributed by atoms with Gasteiger partial charge in [0.15, 0.2) is 11.5 Å². The van der Waals surface area contributed by atoms with E-state index >= 15 is 0 Å². The fourth-order valence-electron chi connectivity index (χ4n) is 3.63. The summed E-state index contributed by atoms with van der Waals surface area (Å²) in [5.74, 6) is 5.02. The van der Waals surface area contributed by atoms with Crippen molar-refractivity contribution in [2.45, 2.75) is 26.0 Å². The summed E-state index contributed by atoms with van der Waals surface area (Å²) in [4.78, 5) is 0. The molecule has 0 fully saturated rings. The molecule has 0 amide bonds. The number of hydrogen-bond donors (Lipinski definition) is 0. The van der Waals surface area contributed by atoms with Gasteiger partial charge in [-0.25, -0.2) is 0 Å². The third kappa shape index (κ3) is 2.32. The Labute approximate surface area is 153 Å². The molecule has 132 valence electrons. The maximum absolute atomic E-state index is 6.15. The fourth-order valence-corrected chi connectivity index (χ4v) is 3.63. The molecule has 26 heavy (non-hydrogen) atoms. The normalized spacial score (nSPS) is 14.7. The molecule has 0 unspecified atom stereocenters. The van der Waals surface area contributed by atoms with Gasteiger partial charge in [-0.05, 0) is 44.2 Å². The van der Waals surface area contributed by atoms with Crippen molar-refractivity contribution < 1.29 is 14.2 Å². The van der Waals surface area contributed by atoms with Crippen LogP contribution in [0.1, 0.15) is 19.4 Å². The Hall–Kier alpha value is -3.06. The summed E-state index contributed by atoms with van der Waals surface area (Å²) in [5, 5.41) is 2.19. The third-order valence-electron chi connectivity index (χ3n) is 4.80. The van der Waals surface area contributed by atoms with Crippen LogP contribution in [-0.4, -0.2) is 24.4 Å². The van der Waals surface area contributed by atoms with Crippen LogP contribution in [0.4, 0.5) is 0 Å². The van der Waals surface area contributed by atoms with Crippen LogP contribution >= 0.6 is 0 Å². The monoisotopic (exact) mass is 347 g/mol. The molecule has 1 aromatic heterocycles. The molecule has 2 aromatic carbocycles. The van der Waals surface area contributed by atoms with E-state index in [-0.39, 0.29) is 5.60 Å². The van der Waals surface area contributed by atoms with Crippen molar-refractivity contribution in [3.63, 3.8) is 0 Å². The van der Waals surface area contributed by atoms with Gasteiger partial charge in [0.2, 0.25) is 0 Å². The van der Waals surface area contributed by atoms with Crippen LogP contribution in [-0.2, 0) is 6.54 Å². The number of hydrogen-bond acceptors (Lipinski definition) is 3. The van der Waals surface area contributed by atoms with E-state index in [1.807, 2.05) is 32.0 Å². The Balaban J connectivity index is 2.13. The molecule has 0 N–H and O–H groups in total.